The minimum Gasteiger partial charge on any atom is -0.443 e. The third kappa shape index (κ3) is 8.73. The van der Waals surface area contributed by atoms with Crippen LogP contribution in [0.4, 0.5) is 14.9 Å². The van der Waals surface area contributed by atoms with Gasteiger partial charge in [0.1, 0.15) is 23.8 Å². The fourth-order valence-corrected chi connectivity index (χ4v) is 6.09. The number of nitrogens with zero attached hydrogens (tertiary/aromatic N) is 3. The van der Waals surface area contributed by atoms with Gasteiger partial charge in [-0.2, -0.15) is 4.68 Å². The van der Waals surface area contributed by atoms with Crippen molar-refractivity contribution >= 4 is 43.6 Å². The maximum Gasteiger partial charge on any atom is 0.421 e. The number of hydrogen-bond acceptors (Lipinski definition) is 8. The zero-order chi connectivity index (χ0) is 34.5. The molecule has 0 aliphatic heterocycles. The normalized spacial score (nSPS) is 11.7. The molecule has 0 spiro atoms. The second-order valence-electron chi connectivity index (χ2n) is 11.3. The van der Waals surface area contributed by atoms with Crippen LogP contribution in [0.15, 0.2) is 74.8 Å². The van der Waals surface area contributed by atoms with E-state index in [0.717, 1.165) is 0 Å². The van der Waals surface area contributed by atoms with Gasteiger partial charge < -0.3 is 14.8 Å². The van der Waals surface area contributed by atoms with E-state index in [-0.39, 0.29) is 40.6 Å². The van der Waals surface area contributed by atoms with Crippen LogP contribution in [0.5, 0.6) is 0 Å². The second-order valence-corrected chi connectivity index (χ2v) is 13.8. The van der Waals surface area contributed by atoms with Crippen molar-refractivity contribution in [2.45, 2.75) is 58.1 Å². The van der Waals surface area contributed by atoms with Gasteiger partial charge in [-0.25, -0.2) is 27.1 Å². The zero-order valence-electron chi connectivity index (χ0n) is 26.5. The summed E-state index contributed by atoms with van der Waals surface area (Å²) in [5.41, 5.74) is -0.102. The van der Waals surface area contributed by atoms with Crippen LogP contribution < -0.4 is 15.7 Å². The minimum absolute atomic E-state index is 0.120. The number of halogens is 2. The van der Waals surface area contributed by atoms with Crippen molar-refractivity contribution in [3.63, 3.8) is 0 Å². The van der Waals surface area contributed by atoms with Gasteiger partial charge in [0.05, 0.1) is 17.1 Å². The summed E-state index contributed by atoms with van der Waals surface area (Å²) in [7, 11) is -4.37. The van der Waals surface area contributed by atoms with Gasteiger partial charge in [-0.05, 0) is 79.5 Å². The average molecular weight is 733 g/mol. The van der Waals surface area contributed by atoms with Gasteiger partial charge in [0.2, 0.25) is 5.91 Å². The molecule has 1 aromatic heterocycles. The number of nitrogens with one attached hydrogen (secondary N) is 2. The van der Waals surface area contributed by atoms with E-state index in [4.69, 9.17) is 9.47 Å². The molecule has 0 saturated heterocycles. The Hall–Kier alpha value is -4.34. The summed E-state index contributed by atoms with van der Waals surface area (Å²) in [4.78, 5) is 37.7. The lowest BCUT2D eigenvalue weighted by Gasteiger charge is -2.20. The lowest BCUT2D eigenvalue weighted by atomic mass is 10.0. The number of carbonyl (C=O) groups is 2. The summed E-state index contributed by atoms with van der Waals surface area (Å²) < 4.78 is 57.0. The molecule has 3 aromatic carbocycles. The Morgan fingerprint density at radius 1 is 1.04 bits per heavy atom. The van der Waals surface area contributed by atoms with Crippen molar-refractivity contribution in [1.29, 1.82) is 0 Å². The molecule has 0 fully saturated rings. The molecule has 250 valence electrons. The van der Waals surface area contributed by atoms with Crippen molar-refractivity contribution in [2.75, 3.05) is 18.5 Å². The van der Waals surface area contributed by atoms with Gasteiger partial charge in [0, 0.05) is 34.3 Å². The van der Waals surface area contributed by atoms with Crippen LogP contribution in [0.25, 0.3) is 16.8 Å². The number of hydrogen-bond donors (Lipinski definition) is 2. The van der Waals surface area contributed by atoms with Gasteiger partial charge in [-0.3, -0.25) is 9.36 Å². The van der Waals surface area contributed by atoms with E-state index in [1.165, 1.54) is 45.6 Å². The predicted octanol–water partition coefficient (Wildman–Crippen LogP) is 5.40. The number of carbonyl (C=O) groups excluding carboxylic acids is 2. The Kier molecular flexibility index (Phi) is 11.0. The summed E-state index contributed by atoms with van der Waals surface area (Å²) in [6.07, 6.45) is -0.781. The molecule has 0 bridgehead atoms. The lowest BCUT2D eigenvalue weighted by Crippen LogP contribution is -2.36. The number of sulfonamides is 1. The second kappa shape index (κ2) is 14.6. The number of aryl methyl sites for hydroxylation is 1. The van der Waals surface area contributed by atoms with E-state index in [9.17, 15) is 22.8 Å². The molecule has 0 atom stereocenters. The third-order valence-electron chi connectivity index (χ3n) is 6.64. The Morgan fingerprint density at radius 3 is 2.43 bits per heavy atom. The molecule has 4 rings (SSSR count). The SMILES string of the molecule is CCOCC(=O)Nc1ccc(Br)c(-n2nc(CC)n(Cc3ccc(-c4ccccc4S(=O)(=O)NC(=O)OC(C)(C)C)cc3F)c2=O)c1. The van der Waals surface area contributed by atoms with Crippen LogP contribution in [0.3, 0.4) is 0 Å². The lowest BCUT2D eigenvalue weighted by molar-refractivity contribution is -0.120. The minimum atomic E-state index is -4.37. The number of benzene rings is 3. The highest BCUT2D eigenvalue weighted by Gasteiger charge is 2.26. The third-order valence-corrected chi connectivity index (χ3v) is 8.68. The van der Waals surface area contributed by atoms with Crippen molar-refractivity contribution in [2.24, 2.45) is 0 Å². The molecular formula is C32H35BrFN5O7S. The van der Waals surface area contributed by atoms with Gasteiger partial charge in [-0.15, -0.1) is 5.10 Å². The Labute approximate surface area is 280 Å². The molecule has 0 radical (unpaired) electrons. The van der Waals surface area contributed by atoms with Crippen LogP contribution in [0, 0.1) is 5.82 Å². The number of rotatable bonds is 11. The quantitative estimate of drug-likeness (QED) is 0.208. The van der Waals surface area contributed by atoms with Gasteiger partial charge in [0.15, 0.2) is 0 Å². The summed E-state index contributed by atoms with van der Waals surface area (Å²) in [6, 6.07) is 14.9. The van der Waals surface area contributed by atoms with Gasteiger partial charge in [-0.1, -0.05) is 37.3 Å². The Bertz CT molecular complexity index is 1970. The molecule has 0 aliphatic carbocycles. The van der Waals surface area contributed by atoms with Gasteiger partial charge in [0.25, 0.3) is 10.0 Å². The molecule has 47 heavy (non-hydrogen) atoms. The summed E-state index contributed by atoms with van der Waals surface area (Å²) >= 11 is 3.44. The molecule has 0 saturated carbocycles. The highest BCUT2D eigenvalue weighted by atomic mass is 79.9. The smallest absolute Gasteiger partial charge is 0.421 e. The van der Waals surface area contributed by atoms with Crippen molar-refractivity contribution < 1.29 is 31.9 Å². The van der Waals surface area contributed by atoms with Crippen LogP contribution in [0.1, 0.15) is 46.0 Å². The molecule has 0 unspecified atom stereocenters. The van der Waals surface area contributed by atoms with E-state index < -0.39 is 33.2 Å². The molecule has 15 heteroatoms. The number of amides is 2. The van der Waals surface area contributed by atoms with Crippen molar-refractivity contribution in [3.8, 4) is 16.8 Å². The first-order chi connectivity index (χ1) is 22.1. The number of anilines is 1. The van der Waals surface area contributed by atoms with E-state index in [1.54, 1.807) is 52.0 Å². The molecule has 2 N–H and O–H groups in total. The molecule has 0 aliphatic rings. The van der Waals surface area contributed by atoms with E-state index in [2.05, 4.69) is 26.3 Å². The summed E-state index contributed by atoms with van der Waals surface area (Å²) in [5, 5.41) is 7.19. The highest BCUT2D eigenvalue weighted by molar-refractivity contribution is 9.10. The number of ether oxygens (including phenoxy) is 2. The van der Waals surface area contributed by atoms with Crippen LogP contribution in [0.2, 0.25) is 0 Å². The standard InChI is InChI=1S/C32H35BrFN5O7S/c1-6-28-36-39(26-17-22(14-15-24(26)33)35-29(40)19-45-7-2)31(42)38(28)18-21-13-12-20(16-25(21)34)23-10-8-9-11-27(23)47(43,44)37-30(41)46-32(3,4)5/h8-17H,6-7,18-19H2,1-5H3,(H,35,40)(H,37,41). The van der Waals surface area contributed by atoms with Crippen LogP contribution in [-0.2, 0) is 37.3 Å². The first kappa shape index (κ1) is 35.5. The maximum absolute atomic E-state index is 15.6. The average Bonchev–Trinajstić information content (AvgIpc) is 3.31. The fourth-order valence-electron chi connectivity index (χ4n) is 4.58. The molecule has 4 aromatic rings. The first-order valence-electron chi connectivity index (χ1n) is 14.6. The van der Waals surface area contributed by atoms with E-state index in [1.807, 2.05) is 11.6 Å². The highest BCUT2D eigenvalue weighted by Crippen LogP contribution is 2.29. The molecule has 1 heterocycles. The topological polar surface area (TPSA) is 151 Å². The monoisotopic (exact) mass is 731 g/mol. The van der Waals surface area contributed by atoms with E-state index in [0.29, 0.717) is 34.7 Å². The largest absolute Gasteiger partial charge is 0.443 e. The maximum atomic E-state index is 15.6. The number of aromatic nitrogens is 3. The van der Waals surface area contributed by atoms with Gasteiger partial charge >= 0.3 is 11.8 Å². The van der Waals surface area contributed by atoms with Crippen molar-refractivity contribution in [1.82, 2.24) is 19.1 Å². The first-order valence-corrected chi connectivity index (χ1v) is 16.9. The predicted molar refractivity (Wildman–Crippen MR) is 178 cm³/mol. The summed E-state index contributed by atoms with van der Waals surface area (Å²) in [6.45, 7) is 8.50. The van der Waals surface area contributed by atoms with Crippen molar-refractivity contribution in [3.05, 3.63) is 92.8 Å². The Balaban J connectivity index is 1.64. The fraction of sp³-hybridized carbons (Fsp3) is 0.312. The van der Waals surface area contributed by atoms with Crippen LogP contribution >= 0.6 is 15.9 Å². The molecule has 2 amide bonds. The van der Waals surface area contributed by atoms with Crippen LogP contribution in [-0.4, -0.2) is 53.6 Å². The molecular weight excluding hydrogens is 697 g/mol. The van der Waals surface area contributed by atoms with E-state index >= 15 is 4.39 Å². The Morgan fingerprint density at radius 2 is 1.77 bits per heavy atom. The molecule has 12 nitrogen and oxygen atoms in total. The summed E-state index contributed by atoms with van der Waals surface area (Å²) in [5.74, 6) is -0.650. The zero-order valence-corrected chi connectivity index (χ0v) is 28.9.